The van der Waals surface area contributed by atoms with Crippen LogP contribution in [-0.4, -0.2) is 46.8 Å². The molecule has 0 saturated heterocycles. The molecule has 26 heavy (non-hydrogen) atoms. The molecule has 1 aromatic heterocycles. The van der Waals surface area contributed by atoms with Crippen LogP contribution in [0.25, 0.3) is 10.9 Å². The number of carbonyl (C=O) groups excluding carboxylic acids is 2. The van der Waals surface area contributed by atoms with Crippen LogP contribution in [0.15, 0.2) is 54.7 Å². The number of aryl methyl sites for hydroxylation is 1. The molecule has 1 aliphatic heterocycles. The van der Waals surface area contributed by atoms with Crippen LogP contribution in [-0.2, 0) is 7.05 Å². The molecule has 1 aliphatic rings. The summed E-state index contributed by atoms with van der Waals surface area (Å²) in [5.74, 6) is -0.421. The zero-order valence-electron chi connectivity index (χ0n) is 15.1. The number of fused-ring (bicyclic) bond motifs is 2. The van der Waals surface area contributed by atoms with Crippen LogP contribution in [0.2, 0.25) is 0 Å². The molecule has 0 radical (unpaired) electrons. The number of imide groups is 1. The molecular formula is C21H21N3O2. The predicted octanol–water partition coefficient (Wildman–Crippen LogP) is 3.08. The van der Waals surface area contributed by atoms with Gasteiger partial charge < -0.3 is 9.47 Å². The van der Waals surface area contributed by atoms with Gasteiger partial charge in [-0.05, 0) is 37.9 Å². The second kappa shape index (κ2) is 6.11. The second-order valence-electron chi connectivity index (χ2n) is 6.96. The Morgan fingerprint density at radius 3 is 2.12 bits per heavy atom. The topological polar surface area (TPSA) is 45.6 Å². The summed E-state index contributed by atoms with van der Waals surface area (Å²) >= 11 is 0. The lowest BCUT2D eigenvalue weighted by atomic mass is 10.0. The summed E-state index contributed by atoms with van der Waals surface area (Å²) in [5.41, 5.74) is 3.24. The van der Waals surface area contributed by atoms with Crippen molar-refractivity contribution in [1.82, 2.24) is 14.4 Å². The third-order valence-corrected chi connectivity index (χ3v) is 5.14. The minimum absolute atomic E-state index is 0.0803. The van der Waals surface area contributed by atoms with E-state index < -0.39 is 0 Å². The van der Waals surface area contributed by atoms with Crippen molar-refractivity contribution < 1.29 is 9.59 Å². The second-order valence-corrected chi connectivity index (χ2v) is 6.96. The highest BCUT2D eigenvalue weighted by molar-refractivity contribution is 6.21. The van der Waals surface area contributed by atoms with Crippen LogP contribution < -0.4 is 0 Å². The smallest absolute Gasteiger partial charge is 0.261 e. The quantitative estimate of drug-likeness (QED) is 0.682. The van der Waals surface area contributed by atoms with E-state index in [4.69, 9.17) is 0 Å². The zero-order valence-corrected chi connectivity index (χ0v) is 15.1. The molecule has 0 aliphatic carbocycles. The first kappa shape index (κ1) is 16.5. The van der Waals surface area contributed by atoms with Crippen LogP contribution in [0, 0.1) is 0 Å². The Balaban J connectivity index is 1.73. The number of hydrogen-bond acceptors (Lipinski definition) is 3. The van der Waals surface area contributed by atoms with Crippen molar-refractivity contribution in [3.05, 3.63) is 71.4 Å². The SMILES string of the molecule is CN(C)[C@@H](CN1C(=O)c2ccccc2C1=O)c1cn(C)c2ccccc12. The Bertz CT molecular complexity index is 984. The van der Waals surface area contributed by atoms with Gasteiger partial charge in [-0.25, -0.2) is 0 Å². The van der Waals surface area contributed by atoms with Crippen molar-refractivity contribution in [1.29, 1.82) is 0 Å². The number of aromatic nitrogens is 1. The van der Waals surface area contributed by atoms with Crippen molar-refractivity contribution in [3.63, 3.8) is 0 Å². The Kier molecular flexibility index (Phi) is 3.89. The molecule has 3 aromatic rings. The number of nitrogens with zero attached hydrogens (tertiary/aromatic N) is 3. The Hall–Kier alpha value is -2.92. The first-order valence-electron chi connectivity index (χ1n) is 8.64. The van der Waals surface area contributed by atoms with Gasteiger partial charge in [0.05, 0.1) is 17.2 Å². The van der Waals surface area contributed by atoms with Crippen LogP contribution in [0.4, 0.5) is 0 Å². The molecule has 0 spiro atoms. The molecule has 2 aromatic carbocycles. The van der Waals surface area contributed by atoms with Gasteiger partial charge >= 0.3 is 0 Å². The minimum atomic E-state index is -0.210. The lowest BCUT2D eigenvalue weighted by Crippen LogP contribution is -2.38. The van der Waals surface area contributed by atoms with Gasteiger partial charge in [0, 0.05) is 30.7 Å². The van der Waals surface area contributed by atoms with Gasteiger partial charge in [0.15, 0.2) is 0 Å². The van der Waals surface area contributed by atoms with Crippen LogP contribution >= 0.6 is 0 Å². The summed E-state index contributed by atoms with van der Waals surface area (Å²) in [5, 5.41) is 1.14. The number of carbonyl (C=O) groups is 2. The fraction of sp³-hybridized carbons (Fsp3) is 0.238. The molecule has 0 fully saturated rings. The fourth-order valence-corrected chi connectivity index (χ4v) is 3.76. The average Bonchev–Trinajstić information content (AvgIpc) is 3.09. The summed E-state index contributed by atoms with van der Waals surface area (Å²) in [6.45, 7) is 0.327. The summed E-state index contributed by atoms with van der Waals surface area (Å²) in [6, 6.07) is 15.1. The van der Waals surface area contributed by atoms with Crippen molar-refractivity contribution in [3.8, 4) is 0 Å². The van der Waals surface area contributed by atoms with Crippen molar-refractivity contribution in [2.24, 2.45) is 7.05 Å². The standard InChI is InChI=1S/C21H21N3O2/c1-22(2)19(17-12-23(3)18-11-7-6-8-14(17)18)13-24-20(25)15-9-4-5-10-16(15)21(24)26/h4-12,19H,13H2,1-3H3/t19-/m0/s1. The lowest BCUT2D eigenvalue weighted by Gasteiger charge is -2.28. The Morgan fingerprint density at radius 2 is 1.50 bits per heavy atom. The average molecular weight is 347 g/mol. The van der Waals surface area contributed by atoms with Gasteiger partial charge in [0.1, 0.15) is 0 Å². The number of para-hydroxylation sites is 1. The highest BCUT2D eigenvalue weighted by atomic mass is 16.2. The molecule has 132 valence electrons. The molecule has 5 heteroatoms. The number of rotatable bonds is 4. The number of amides is 2. The van der Waals surface area contributed by atoms with Gasteiger partial charge in [-0.2, -0.15) is 0 Å². The highest BCUT2D eigenvalue weighted by Crippen LogP contribution is 2.31. The summed E-state index contributed by atoms with van der Waals surface area (Å²) < 4.78 is 2.09. The van der Waals surface area contributed by atoms with E-state index in [1.807, 2.05) is 33.3 Å². The summed E-state index contributed by atoms with van der Waals surface area (Å²) in [4.78, 5) is 28.9. The van der Waals surface area contributed by atoms with E-state index >= 15 is 0 Å². The summed E-state index contributed by atoms with van der Waals surface area (Å²) in [6.07, 6.45) is 2.09. The zero-order chi connectivity index (χ0) is 18.4. The van der Waals surface area contributed by atoms with Crippen LogP contribution in [0.5, 0.6) is 0 Å². The van der Waals surface area contributed by atoms with E-state index in [2.05, 4.69) is 27.8 Å². The fourth-order valence-electron chi connectivity index (χ4n) is 3.76. The monoisotopic (exact) mass is 347 g/mol. The van der Waals surface area contributed by atoms with Gasteiger partial charge in [-0.3, -0.25) is 14.5 Å². The molecule has 4 rings (SSSR count). The molecule has 2 amide bonds. The maximum Gasteiger partial charge on any atom is 0.261 e. The molecule has 1 atom stereocenters. The lowest BCUT2D eigenvalue weighted by molar-refractivity contribution is 0.0612. The number of likely N-dealkylation sites (N-methyl/N-ethyl adjacent to an activating group) is 1. The third-order valence-electron chi connectivity index (χ3n) is 5.14. The number of hydrogen-bond donors (Lipinski definition) is 0. The van der Waals surface area contributed by atoms with E-state index in [1.54, 1.807) is 24.3 Å². The molecule has 5 nitrogen and oxygen atoms in total. The maximum absolute atomic E-state index is 12.7. The Morgan fingerprint density at radius 1 is 0.923 bits per heavy atom. The van der Waals surface area contributed by atoms with Crippen LogP contribution in [0.3, 0.4) is 0 Å². The minimum Gasteiger partial charge on any atom is -0.350 e. The van der Waals surface area contributed by atoms with E-state index in [-0.39, 0.29) is 17.9 Å². The predicted molar refractivity (Wildman–Crippen MR) is 101 cm³/mol. The van der Waals surface area contributed by atoms with Gasteiger partial charge in [0.2, 0.25) is 0 Å². The summed E-state index contributed by atoms with van der Waals surface area (Å²) in [7, 11) is 5.97. The first-order valence-corrected chi connectivity index (χ1v) is 8.64. The number of benzene rings is 2. The largest absolute Gasteiger partial charge is 0.350 e. The molecule has 0 unspecified atom stereocenters. The molecule has 0 bridgehead atoms. The third kappa shape index (κ3) is 2.44. The van der Waals surface area contributed by atoms with Crippen LogP contribution in [0.1, 0.15) is 32.3 Å². The van der Waals surface area contributed by atoms with E-state index in [9.17, 15) is 9.59 Å². The van der Waals surface area contributed by atoms with E-state index in [0.29, 0.717) is 17.7 Å². The van der Waals surface area contributed by atoms with Crippen molar-refractivity contribution in [2.75, 3.05) is 20.6 Å². The highest BCUT2D eigenvalue weighted by Gasteiger charge is 2.37. The maximum atomic E-state index is 12.7. The normalized spacial score (nSPS) is 15.2. The van der Waals surface area contributed by atoms with Gasteiger partial charge in [0.25, 0.3) is 11.8 Å². The molecule has 2 heterocycles. The van der Waals surface area contributed by atoms with E-state index in [0.717, 1.165) is 16.5 Å². The van der Waals surface area contributed by atoms with Crippen molar-refractivity contribution >= 4 is 22.7 Å². The molecule has 0 N–H and O–H groups in total. The Labute approximate surface area is 152 Å². The molecular weight excluding hydrogens is 326 g/mol. The van der Waals surface area contributed by atoms with Gasteiger partial charge in [-0.1, -0.05) is 30.3 Å². The van der Waals surface area contributed by atoms with Gasteiger partial charge in [-0.15, -0.1) is 0 Å². The molecule has 0 saturated carbocycles. The van der Waals surface area contributed by atoms with Crippen molar-refractivity contribution in [2.45, 2.75) is 6.04 Å². The first-order chi connectivity index (χ1) is 12.5. The van der Waals surface area contributed by atoms with E-state index in [1.165, 1.54) is 4.90 Å².